The number of benzene rings is 6. The molecule has 9 rings (SSSR count). The zero-order chi connectivity index (χ0) is 37.6. The molecule has 8 heteroatoms. The predicted molar refractivity (Wildman–Crippen MR) is 221 cm³/mol. The standard InChI is InChI=1S/C47H38BrN3O4/c1-29-16-18-33-14-8-9-15-35(33)41(29)28-55-43-19-17-30(25-42(43)48)24-40-45(52)49-47(54)51(46(40)53)34-26-38-36(31-10-4-2-5-11-31)20-22-50-23-21-37(39(27-34)44(38)50)32-12-6-3-7-13-32/h2-19,24-27,36-37H,20-23,28H2,1H3,(H,49,52,54)/b40-24+/t36-,37-/m0/s1. The number of rotatable bonds is 7. The van der Waals surface area contributed by atoms with Crippen molar-refractivity contribution in [1.82, 2.24) is 5.32 Å². The number of barbiturate groups is 1. The number of hydrogen-bond donors (Lipinski definition) is 1. The molecule has 3 aliphatic rings. The zero-order valence-corrected chi connectivity index (χ0v) is 31.9. The average molecular weight is 789 g/mol. The summed E-state index contributed by atoms with van der Waals surface area (Å²) in [6.45, 7) is 4.30. The lowest BCUT2D eigenvalue weighted by Gasteiger charge is -2.44. The molecule has 55 heavy (non-hydrogen) atoms. The van der Waals surface area contributed by atoms with Crippen LogP contribution in [0, 0.1) is 6.92 Å². The zero-order valence-electron chi connectivity index (χ0n) is 30.3. The second kappa shape index (κ2) is 14.3. The summed E-state index contributed by atoms with van der Waals surface area (Å²) in [4.78, 5) is 45.0. The molecule has 1 N–H and O–H groups in total. The number of carbonyl (C=O) groups is 3. The first-order valence-corrected chi connectivity index (χ1v) is 19.5. The van der Waals surface area contributed by atoms with Gasteiger partial charge in [0, 0.05) is 36.2 Å². The Morgan fingerprint density at radius 1 is 0.764 bits per heavy atom. The number of imide groups is 2. The number of carbonyl (C=O) groups excluding carboxylic acids is 3. The van der Waals surface area contributed by atoms with Gasteiger partial charge in [0.15, 0.2) is 0 Å². The first-order valence-electron chi connectivity index (χ1n) is 18.7. The highest BCUT2D eigenvalue weighted by Crippen LogP contribution is 2.50. The summed E-state index contributed by atoms with van der Waals surface area (Å²) in [7, 11) is 0. The number of hydrogen-bond acceptors (Lipinski definition) is 5. The molecule has 1 saturated heterocycles. The highest BCUT2D eigenvalue weighted by Gasteiger charge is 2.40. The second-order valence-electron chi connectivity index (χ2n) is 14.5. The van der Waals surface area contributed by atoms with Crippen molar-refractivity contribution in [3.05, 3.63) is 176 Å². The van der Waals surface area contributed by atoms with E-state index in [1.807, 2.05) is 48.5 Å². The van der Waals surface area contributed by atoms with Crippen LogP contribution in [0.4, 0.5) is 16.2 Å². The van der Waals surface area contributed by atoms with E-state index in [9.17, 15) is 14.4 Å². The van der Waals surface area contributed by atoms with Crippen LogP contribution in [0.25, 0.3) is 16.8 Å². The number of urea groups is 1. The van der Waals surface area contributed by atoms with E-state index in [4.69, 9.17) is 4.74 Å². The van der Waals surface area contributed by atoms with E-state index in [-0.39, 0.29) is 17.4 Å². The Kier molecular flexibility index (Phi) is 9.06. The first kappa shape index (κ1) is 34.8. The summed E-state index contributed by atoms with van der Waals surface area (Å²) in [5, 5.41) is 4.75. The van der Waals surface area contributed by atoms with Gasteiger partial charge in [0.25, 0.3) is 11.8 Å². The summed E-state index contributed by atoms with van der Waals surface area (Å²) in [6, 6.07) is 41.9. The third-order valence-electron chi connectivity index (χ3n) is 11.3. The largest absolute Gasteiger partial charge is 0.488 e. The SMILES string of the molecule is Cc1ccc2ccccc2c1COc1ccc(/C=C2\C(=O)NC(=O)N(c3cc4c5c(c3)[C@H](c3ccccc3)CCN5CC[C@H]4c3ccccc3)C2=O)cc1Br. The van der Waals surface area contributed by atoms with Crippen LogP contribution < -0.4 is 19.9 Å². The minimum Gasteiger partial charge on any atom is -0.488 e. The molecule has 7 nitrogen and oxygen atoms in total. The van der Waals surface area contributed by atoms with E-state index >= 15 is 0 Å². The number of fused-ring (bicyclic) bond motifs is 1. The van der Waals surface area contributed by atoms with Gasteiger partial charge in [0.2, 0.25) is 0 Å². The number of halogens is 1. The summed E-state index contributed by atoms with van der Waals surface area (Å²) in [6.07, 6.45) is 3.36. The van der Waals surface area contributed by atoms with Gasteiger partial charge in [0.05, 0.1) is 10.2 Å². The third-order valence-corrected chi connectivity index (χ3v) is 11.9. The fourth-order valence-corrected chi connectivity index (χ4v) is 9.05. The molecule has 3 heterocycles. The van der Waals surface area contributed by atoms with Crippen LogP contribution in [0.3, 0.4) is 0 Å². The van der Waals surface area contributed by atoms with Crippen molar-refractivity contribution in [3.63, 3.8) is 0 Å². The molecule has 1 fully saturated rings. The number of nitrogens with zero attached hydrogens (tertiary/aromatic N) is 2. The van der Waals surface area contributed by atoms with Crippen LogP contribution in [-0.2, 0) is 16.2 Å². The quantitative estimate of drug-likeness (QED) is 0.129. The minimum absolute atomic E-state index is 0.0860. The van der Waals surface area contributed by atoms with Gasteiger partial charge in [0.1, 0.15) is 17.9 Å². The third kappa shape index (κ3) is 6.40. The fraction of sp³-hybridized carbons (Fsp3) is 0.170. The number of anilines is 2. The summed E-state index contributed by atoms with van der Waals surface area (Å²) in [5.41, 5.74) is 8.94. The number of ether oxygens (including phenoxy) is 1. The van der Waals surface area contributed by atoms with E-state index in [0.717, 1.165) is 63.9 Å². The summed E-state index contributed by atoms with van der Waals surface area (Å²) < 4.78 is 6.95. The molecule has 4 amide bonds. The Bertz CT molecular complexity index is 2460. The van der Waals surface area contributed by atoms with Crippen molar-refractivity contribution in [2.45, 2.75) is 38.2 Å². The van der Waals surface area contributed by atoms with E-state index in [0.29, 0.717) is 28.1 Å². The summed E-state index contributed by atoms with van der Waals surface area (Å²) >= 11 is 3.64. The van der Waals surface area contributed by atoms with Crippen LogP contribution in [0.5, 0.6) is 5.75 Å². The molecule has 3 aliphatic heterocycles. The van der Waals surface area contributed by atoms with Gasteiger partial charge < -0.3 is 9.64 Å². The van der Waals surface area contributed by atoms with Gasteiger partial charge in [-0.25, -0.2) is 9.69 Å². The fourth-order valence-electron chi connectivity index (χ4n) is 8.54. The molecule has 0 bridgehead atoms. The first-order chi connectivity index (χ1) is 26.8. The van der Waals surface area contributed by atoms with Crippen LogP contribution in [0.1, 0.15) is 63.6 Å². The molecule has 6 aromatic carbocycles. The van der Waals surface area contributed by atoms with E-state index in [1.165, 1.54) is 22.9 Å². The lowest BCUT2D eigenvalue weighted by Crippen LogP contribution is -2.54. The van der Waals surface area contributed by atoms with E-state index in [1.54, 1.807) is 6.07 Å². The average Bonchev–Trinajstić information content (AvgIpc) is 3.20. The molecule has 0 aliphatic carbocycles. The molecule has 0 unspecified atom stereocenters. The molecule has 0 saturated carbocycles. The van der Waals surface area contributed by atoms with Crippen molar-refractivity contribution >= 4 is 62.0 Å². The number of amides is 4. The van der Waals surface area contributed by atoms with Gasteiger partial charge in [-0.2, -0.15) is 0 Å². The normalized spacial score (nSPS) is 18.7. The molecule has 0 spiro atoms. The Balaban J connectivity index is 1.06. The Labute approximate surface area is 328 Å². The Morgan fingerprint density at radius 2 is 1.40 bits per heavy atom. The molecule has 0 aromatic heterocycles. The van der Waals surface area contributed by atoms with Crippen LogP contribution in [0.15, 0.2) is 137 Å². The smallest absolute Gasteiger partial charge is 0.335 e. The number of nitrogens with one attached hydrogen (secondary N) is 1. The van der Waals surface area contributed by atoms with Crippen molar-refractivity contribution in [1.29, 1.82) is 0 Å². The second-order valence-corrected chi connectivity index (χ2v) is 15.3. The van der Waals surface area contributed by atoms with Gasteiger partial charge in [-0.3, -0.25) is 14.9 Å². The molecule has 272 valence electrons. The highest BCUT2D eigenvalue weighted by atomic mass is 79.9. The number of aryl methyl sites for hydroxylation is 1. The van der Waals surface area contributed by atoms with Crippen molar-refractivity contribution in [3.8, 4) is 5.75 Å². The van der Waals surface area contributed by atoms with Gasteiger partial charge in [-0.05, 0) is 110 Å². The predicted octanol–water partition coefficient (Wildman–Crippen LogP) is 10.0. The molecule has 2 atom stereocenters. The lowest BCUT2D eigenvalue weighted by molar-refractivity contribution is -0.122. The topological polar surface area (TPSA) is 79.0 Å². The van der Waals surface area contributed by atoms with E-state index < -0.39 is 17.8 Å². The lowest BCUT2D eigenvalue weighted by atomic mass is 9.76. The summed E-state index contributed by atoms with van der Waals surface area (Å²) in [5.74, 6) is -0.599. The molecule has 6 aromatic rings. The Hall–Kier alpha value is -5.99. The minimum atomic E-state index is -0.760. The van der Waals surface area contributed by atoms with Crippen LogP contribution in [-0.4, -0.2) is 30.9 Å². The molecule has 0 radical (unpaired) electrons. The van der Waals surface area contributed by atoms with E-state index in [2.05, 4.69) is 106 Å². The highest BCUT2D eigenvalue weighted by molar-refractivity contribution is 9.10. The van der Waals surface area contributed by atoms with Gasteiger partial charge >= 0.3 is 6.03 Å². The monoisotopic (exact) mass is 787 g/mol. The molecular weight excluding hydrogens is 750 g/mol. The maximum absolute atomic E-state index is 14.4. The van der Waals surface area contributed by atoms with Crippen molar-refractivity contribution in [2.24, 2.45) is 0 Å². The van der Waals surface area contributed by atoms with Gasteiger partial charge in [-0.1, -0.05) is 103 Å². The van der Waals surface area contributed by atoms with Crippen molar-refractivity contribution < 1.29 is 19.1 Å². The van der Waals surface area contributed by atoms with Crippen molar-refractivity contribution in [2.75, 3.05) is 22.9 Å². The maximum Gasteiger partial charge on any atom is 0.335 e. The van der Waals surface area contributed by atoms with Crippen LogP contribution in [0.2, 0.25) is 0 Å². The van der Waals surface area contributed by atoms with Gasteiger partial charge in [-0.15, -0.1) is 0 Å². The van der Waals surface area contributed by atoms with Crippen LogP contribution >= 0.6 is 15.9 Å². The Morgan fingerprint density at radius 3 is 2.05 bits per heavy atom. The molecular formula is C47H38BrN3O4. The maximum atomic E-state index is 14.4.